The number of benzene rings is 1. The number of nitrogens with zero attached hydrogens (tertiary/aromatic N) is 3. The smallest absolute Gasteiger partial charge is 0.229 e. The van der Waals surface area contributed by atoms with Gasteiger partial charge in [-0.15, -0.1) is 0 Å². The number of aromatic nitrogens is 2. The van der Waals surface area contributed by atoms with Crippen LogP contribution < -0.4 is 19.7 Å². The van der Waals surface area contributed by atoms with Crippen molar-refractivity contribution < 1.29 is 17.9 Å². The van der Waals surface area contributed by atoms with Crippen molar-refractivity contribution in [2.45, 2.75) is 19.4 Å². The average molecular weight is 392 g/mol. The van der Waals surface area contributed by atoms with Crippen LogP contribution in [0.15, 0.2) is 24.3 Å². The fourth-order valence-electron chi connectivity index (χ4n) is 3.08. The lowest BCUT2D eigenvalue weighted by molar-refractivity contribution is 0.395. The largest absolute Gasteiger partial charge is 0.497 e. The van der Waals surface area contributed by atoms with Crippen LogP contribution in [-0.2, 0) is 9.84 Å². The van der Waals surface area contributed by atoms with E-state index in [1.165, 1.54) is 0 Å². The van der Waals surface area contributed by atoms with Gasteiger partial charge in [-0.05, 0) is 25.5 Å². The molecule has 0 radical (unpaired) electrons. The van der Waals surface area contributed by atoms with Crippen molar-refractivity contribution in [3.63, 3.8) is 0 Å². The van der Waals surface area contributed by atoms with Crippen LogP contribution in [0.2, 0.25) is 0 Å². The Morgan fingerprint density at radius 3 is 2.59 bits per heavy atom. The molecule has 2 aromatic rings. The summed E-state index contributed by atoms with van der Waals surface area (Å²) < 4.78 is 34.2. The number of rotatable bonds is 6. The summed E-state index contributed by atoms with van der Waals surface area (Å²) in [5, 5.41) is 3.17. The van der Waals surface area contributed by atoms with Gasteiger partial charge in [0.25, 0.3) is 0 Å². The number of hydrogen-bond donors (Lipinski definition) is 1. The van der Waals surface area contributed by atoms with Crippen LogP contribution in [0.25, 0.3) is 0 Å². The van der Waals surface area contributed by atoms with Crippen molar-refractivity contribution in [1.29, 1.82) is 0 Å². The van der Waals surface area contributed by atoms with Crippen LogP contribution in [0.5, 0.6) is 11.5 Å². The van der Waals surface area contributed by atoms with Crippen molar-refractivity contribution in [2.24, 2.45) is 0 Å². The Balaban J connectivity index is 1.86. The predicted octanol–water partition coefficient (Wildman–Crippen LogP) is 2.17. The van der Waals surface area contributed by atoms with E-state index in [0.29, 0.717) is 35.4 Å². The molecule has 0 aliphatic carbocycles. The van der Waals surface area contributed by atoms with E-state index in [-0.39, 0.29) is 17.5 Å². The zero-order chi connectivity index (χ0) is 19.6. The minimum absolute atomic E-state index is 0.0762. The van der Waals surface area contributed by atoms with Gasteiger partial charge in [0.15, 0.2) is 9.84 Å². The maximum Gasteiger partial charge on any atom is 0.229 e. The zero-order valence-corrected chi connectivity index (χ0v) is 16.7. The molecule has 27 heavy (non-hydrogen) atoms. The van der Waals surface area contributed by atoms with E-state index in [0.717, 1.165) is 5.69 Å². The van der Waals surface area contributed by atoms with Gasteiger partial charge in [-0.25, -0.2) is 13.4 Å². The predicted molar refractivity (Wildman–Crippen MR) is 105 cm³/mol. The molecule has 2 heterocycles. The van der Waals surface area contributed by atoms with E-state index in [4.69, 9.17) is 9.47 Å². The summed E-state index contributed by atoms with van der Waals surface area (Å²) in [6.07, 6.45) is 0.608. The van der Waals surface area contributed by atoms with Crippen molar-refractivity contribution in [2.75, 3.05) is 43.0 Å². The van der Waals surface area contributed by atoms with E-state index >= 15 is 0 Å². The summed E-state index contributed by atoms with van der Waals surface area (Å²) in [6.45, 7) is 1.88. The lowest BCUT2D eigenvalue weighted by atomic mass is 10.2. The van der Waals surface area contributed by atoms with Crippen LogP contribution in [0.3, 0.4) is 0 Å². The second-order valence-electron chi connectivity index (χ2n) is 6.55. The molecular weight excluding hydrogens is 368 g/mol. The fraction of sp³-hybridized carbons (Fsp3) is 0.444. The van der Waals surface area contributed by atoms with Crippen molar-refractivity contribution in [3.8, 4) is 11.5 Å². The second-order valence-corrected chi connectivity index (χ2v) is 8.78. The quantitative estimate of drug-likeness (QED) is 0.799. The molecule has 0 bridgehead atoms. The summed E-state index contributed by atoms with van der Waals surface area (Å²) in [5.74, 6) is 2.77. The van der Waals surface area contributed by atoms with Gasteiger partial charge in [0.2, 0.25) is 5.95 Å². The van der Waals surface area contributed by atoms with Crippen LogP contribution in [0.1, 0.15) is 12.1 Å². The highest BCUT2D eigenvalue weighted by molar-refractivity contribution is 7.91. The fourth-order valence-corrected chi connectivity index (χ4v) is 4.85. The Morgan fingerprint density at radius 2 is 1.96 bits per heavy atom. The van der Waals surface area contributed by atoms with E-state index in [1.54, 1.807) is 20.3 Å². The van der Waals surface area contributed by atoms with E-state index < -0.39 is 9.84 Å². The van der Waals surface area contributed by atoms with Gasteiger partial charge >= 0.3 is 0 Å². The summed E-state index contributed by atoms with van der Waals surface area (Å²) in [4.78, 5) is 10.9. The highest BCUT2D eigenvalue weighted by Crippen LogP contribution is 2.31. The topological polar surface area (TPSA) is 93.7 Å². The molecule has 1 aliphatic rings. The van der Waals surface area contributed by atoms with Gasteiger partial charge in [-0.2, -0.15) is 4.98 Å². The minimum atomic E-state index is -2.96. The lowest BCUT2D eigenvalue weighted by Gasteiger charge is -2.25. The van der Waals surface area contributed by atoms with Gasteiger partial charge in [0.1, 0.15) is 17.3 Å². The molecule has 1 atom stereocenters. The van der Waals surface area contributed by atoms with Gasteiger partial charge < -0.3 is 19.7 Å². The third-order valence-corrected chi connectivity index (χ3v) is 6.36. The molecule has 1 aromatic heterocycles. The minimum Gasteiger partial charge on any atom is -0.497 e. The monoisotopic (exact) mass is 392 g/mol. The first-order valence-electron chi connectivity index (χ1n) is 8.59. The van der Waals surface area contributed by atoms with Crippen molar-refractivity contribution in [1.82, 2.24) is 9.97 Å². The maximum atomic E-state index is 11.8. The average Bonchev–Trinajstić information content (AvgIpc) is 3.00. The third-order valence-electron chi connectivity index (χ3n) is 4.61. The lowest BCUT2D eigenvalue weighted by Crippen LogP contribution is -2.33. The zero-order valence-electron chi connectivity index (χ0n) is 15.9. The molecule has 1 fully saturated rings. The van der Waals surface area contributed by atoms with Gasteiger partial charge in [0.05, 0.1) is 31.4 Å². The number of aryl methyl sites for hydroxylation is 1. The third kappa shape index (κ3) is 4.41. The number of ether oxygens (including phenoxy) is 2. The van der Waals surface area contributed by atoms with Gasteiger partial charge in [0, 0.05) is 30.9 Å². The van der Waals surface area contributed by atoms with E-state index in [9.17, 15) is 8.42 Å². The summed E-state index contributed by atoms with van der Waals surface area (Å²) in [7, 11) is 2.08. The summed E-state index contributed by atoms with van der Waals surface area (Å²) in [5.41, 5.74) is 1.49. The molecule has 1 saturated heterocycles. The first-order valence-corrected chi connectivity index (χ1v) is 10.4. The normalized spacial score (nSPS) is 18.1. The Kier molecular flexibility index (Phi) is 5.41. The van der Waals surface area contributed by atoms with Crippen LogP contribution in [0, 0.1) is 6.92 Å². The number of nitrogens with one attached hydrogen (secondary N) is 1. The Bertz CT molecular complexity index is 933. The molecule has 1 N–H and O–H groups in total. The molecule has 8 nitrogen and oxygen atoms in total. The van der Waals surface area contributed by atoms with Crippen molar-refractivity contribution >= 4 is 27.3 Å². The van der Waals surface area contributed by atoms with Crippen LogP contribution >= 0.6 is 0 Å². The highest BCUT2D eigenvalue weighted by Gasteiger charge is 2.31. The molecule has 9 heteroatoms. The number of hydrogen-bond acceptors (Lipinski definition) is 8. The van der Waals surface area contributed by atoms with Gasteiger partial charge in [-0.3, -0.25) is 0 Å². The molecule has 3 rings (SSSR count). The van der Waals surface area contributed by atoms with Crippen molar-refractivity contribution in [3.05, 3.63) is 30.0 Å². The molecule has 0 spiro atoms. The summed E-state index contributed by atoms with van der Waals surface area (Å²) in [6, 6.07) is 7.19. The first kappa shape index (κ1) is 19.2. The number of anilines is 3. The highest BCUT2D eigenvalue weighted by atomic mass is 32.2. The van der Waals surface area contributed by atoms with Gasteiger partial charge in [-0.1, -0.05) is 0 Å². The SMILES string of the molecule is COc1ccc(Nc2nc(C)cc(N(C)C3CCS(=O)(=O)C3)n2)c(OC)c1. The molecule has 1 aromatic carbocycles. The van der Waals surface area contributed by atoms with Crippen LogP contribution in [0.4, 0.5) is 17.5 Å². The number of sulfone groups is 1. The first-order chi connectivity index (χ1) is 12.8. The Morgan fingerprint density at radius 1 is 1.19 bits per heavy atom. The molecular formula is C18H24N4O4S. The summed E-state index contributed by atoms with van der Waals surface area (Å²) >= 11 is 0. The molecule has 146 valence electrons. The second kappa shape index (κ2) is 7.59. The van der Waals surface area contributed by atoms with Crippen LogP contribution in [-0.4, -0.2) is 57.2 Å². The Labute approximate surface area is 159 Å². The molecule has 1 aliphatic heterocycles. The Hall–Kier alpha value is -2.55. The maximum absolute atomic E-state index is 11.8. The van der Waals surface area contributed by atoms with E-state index in [1.807, 2.05) is 37.1 Å². The molecule has 0 saturated carbocycles. The van der Waals surface area contributed by atoms with E-state index in [2.05, 4.69) is 15.3 Å². The molecule has 1 unspecified atom stereocenters. The standard InChI is InChI=1S/C18H24N4O4S/c1-12-9-17(22(2)13-7-8-27(23,24)11-13)21-18(19-12)20-15-6-5-14(25-3)10-16(15)26-4/h5-6,9-10,13H,7-8,11H2,1-4H3,(H,19,20,21). The molecule has 0 amide bonds. The number of methoxy groups -OCH3 is 2.